The molecule has 18 heavy (non-hydrogen) atoms. The van der Waals surface area contributed by atoms with E-state index in [4.69, 9.17) is 0 Å². The summed E-state index contributed by atoms with van der Waals surface area (Å²) in [5.41, 5.74) is 1.53. The van der Waals surface area contributed by atoms with Crippen LogP contribution in [0.25, 0.3) is 0 Å². The highest BCUT2D eigenvalue weighted by molar-refractivity contribution is 5.85. The Balaban J connectivity index is 2.96. The predicted molar refractivity (Wildman–Crippen MR) is 75.7 cm³/mol. The van der Waals surface area contributed by atoms with Gasteiger partial charge in [0, 0.05) is 25.5 Å². The van der Waals surface area contributed by atoms with Gasteiger partial charge in [-0.2, -0.15) is 0 Å². The normalized spacial score (nSPS) is 17.7. The van der Waals surface area contributed by atoms with E-state index in [1.807, 2.05) is 57.1 Å². The third-order valence-electron chi connectivity index (χ3n) is 3.09. The Morgan fingerprint density at radius 2 is 2.17 bits per heavy atom. The van der Waals surface area contributed by atoms with Gasteiger partial charge in [0.15, 0.2) is 0 Å². The fourth-order valence-electron chi connectivity index (χ4n) is 1.80. The molecule has 0 saturated heterocycles. The van der Waals surface area contributed by atoms with Gasteiger partial charge in [-0.05, 0) is 38.5 Å². The number of nitrogens with one attached hydrogen (secondary N) is 1. The molecular weight excluding hydrogens is 224 g/mol. The first kappa shape index (κ1) is 14.3. The van der Waals surface area contributed by atoms with E-state index < -0.39 is 5.41 Å². The van der Waals surface area contributed by atoms with Crippen molar-refractivity contribution < 1.29 is 4.79 Å². The average Bonchev–Trinajstić information content (AvgIpc) is 2.32. The molecule has 0 saturated carbocycles. The van der Waals surface area contributed by atoms with Gasteiger partial charge in [-0.25, -0.2) is 0 Å². The van der Waals surface area contributed by atoms with Crippen LogP contribution in [0, 0.1) is 5.41 Å². The summed E-state index contributed by atoms with van der Waals surface area (Å²) >= 11 is 0. The molecule has 0 spiro atoms. The largest absolute Gasteiger partial charge is 0.356 e. The Bertz CT molecular complexity index is 428. The minimum atomic E-state index is -0.527. The second kappa shape index (κ2) is 5.71. The molecule has 0 unspecified atom stereocenters. The van der Waals surface area contributed by atoms with E-state index in [1.54, 1.807) is 6.08 Å². The van der Waals surface area contributed by atoms with Gasteiger partial charge in [0.05, 0.1) is 5.41 Å². The number of carbonyl (C=O) groups is 1. The lowest BCUT2D eigenvalue weighted by Crippen LogP contribution is -2.38. The molecule has 3 heteroatoms. The van der Waals surface area contributed by atoms with Crippen LogP contribution in [-0.4, -0.2) is 24.4 Å². The van der Waals surface area contributed by atoms with Crippen LogP contribution in [0.15, 0.2) is 48.4 Å². The molecular formula is C15H22N2O. The predicted octanol–water partition coefficient (Wildman–Crippen LogP) is 2.60. The van der Waals surface area contributed by atoms with Crippen LogP contribution in [0.1, 0.15) is 20.8 Å². The Morgan fingerprint density at radius 1 is 1.50 bits per heavy atom. The van der Waals surface area contributed by atoms with E-state index in [0.717, 1.165) is 11.3 Å². The molecule has 1 aliphatic rings. The summed E-state index contributed by atoms with van der Waals surface area (Å²) in [6, 6.07) is 0. The molecule has 0 atom stereocenters. The molecule has 1 rings (SSSR count). The minimum Gasteiger partial charge on any atom is -0.356 e. The molecule has 1 amide bonds. The molecule has 0 aromatic rings. The summed E-state index contributed by atoms with van der Waals surface area (Å²) in [5, 5.41) is 2.87. The van der Waals surface area contributed by atoms with Crippen LogP contribution in [0.2, 0.25) is 0 Å². The Morgan fingerprint density at radius 3 is 2.67 bits per heavy atom. The highest BCUT2D eigenvalue weighted by atomic mass is 16.2. The van der Waals surface area contributed by atoms with Crippen LogP contribution in [-0.2, 0) is 4.79 Å². The molecule has 0 radical (unpaired) electrons. The van der Waals surface area contributed by atoms with Crippen molar-refractivity contribution in [3.8, 4) is 0 Å². The van der Waals surface area contributed by atoms with Gasteiger partial charge in [-0.3, -0.25) is 4.79 Å². The summed E-state index contributed by atoms with van der Waals surface area (Å²) in [6.45, 7) is 10.1. The minimum absolute atomic E-state index is 0.0467. The first-order valence-corrected chi connectivity index (χ1v) is 6.17. The number of nitrogens with zero attached hydrogens (tertiary/aromatic N) is 1. The third kappa shape index (κ3) is 2.92. The lowest BCUT2D eigenvalue weighted by Gasteiger charge is -2.30. The standard InChI is InChI=1S/C15H22N2O/c1-6-8-13-10-9-12(11-17(13)5)15(3,4)14(18)16-7-2/h6,8-11H,1,7H2,2-5H3,(H,16,18)/b13-8-. The monoisotopic (exact) mass is 246 g/mol. The second-order valence-electron chi connectivity index (χ2n) is 4.84. The third-order valence-corrected chi connectivity index (χ3v) is 3.09. The van der Waals surface area contributed by atoms with E-state index in [9.17, 15) is 4.79 Å². The molecule has 0 aromatic heterocycles. The quantitative estimate of drug-likeness (QED) is 0.827. The van der Waals surface area contributed by atoms with Crippen LogP contribution < -0.4 is 5.32 Å². The molecule has 0 fully saturated rings. The number of allylic oxidation sites excluding steroid dienone is 4. The molecule has 1 heterocycles. The van der Waals surface area contributed by atoms with Crippen LogP contribution >= 0.6 is 0 Å². The van der Waals surface area contributed by atoms with E-state index in [1.165, 1.54) is 0 Å². The van der Waals surface area contributed by atoms with E-state index in [-0.39, 0.29) is 5.91 Å². The van der Waals surface area contributed by atoms with E-state index in [0.29, 0.717) is 6.54 Å². The van der Waals surface area contributed by atoms with Gasteiger partial charge in [0.25, 0.3) is 0 Å². The SMILES string of the molecule is C=C/C=C1/C=CC(C(C)(C)C(=O)NCC)=CN1C. The fourth-order valence-corrected chi connectivity index (χ4v) is 1.80. The highest BCUT2D eigenvalue weighted by Gasteiger charge is 2.31. The van der Waals surface area contributed by atoms with Gasteiger partial charge in [0.2, 0.25) is 5.91 Å². The maximum Gasteiger partial charge on any atom is 0.230 e. The zero-order valence-electron chi connectivity index (χ0n) is 11.7. The molecule has 1 aliphatic heterocycles. The maximum atomic E-state index is 12.0. The first-order chi connectivity index (χ1) is 8.43. The maximum absolute atomic E-state index is 12.0. The van der Waals surface area contributed by atoms with Gasteiger partial charge >= 0.3 is 0 Å². The van der Waals surface area contributed by atoms with Crippen molar-refractivity contribution in [2.75, 3.05) is 13.6 Å². The zero-order chi connectivity index (χ0) is 13.8. The summed E-state index contributed by atoms with van der Waals surface area (Å²) in [6.07, 6.45) is 9.67. The molecule has 0 aromatic carbocycles. The lowest BCUT2D eigenvalue weighted by atomic mass is 9.82. The van der Waals surface area contributed by atoms with Gasteiger partial charge in [-0.1, -0.05) is 18.7 Å². The molecule has 98 valence electrons. The topological polar surface area (TPSA) is 32.3 Å². The number of likely N-dealkylation sites (N-methyl/N-ethyl adjacent to an activating group) is 1. The van der Waals surface area contributed by atoms with Crippen molar-refractivity contribution >= 4 is 5.91 Å². The second-order valence-corrected chi connectivity index (χ2v) is 4.84. The Kier molecular flexibility index (Phi) is 4.54. The summed E-state index contributed by atoms with van der Waals surface area (Å²) in [5.74, 6) is 0.0467. The summed E-state index contributed by atoms with van der Waals surface area (Å²) in [7, 11) is 1.96. The molecule has 3 nitrogen and oxygen atoms in total. The zero-order valence-corrected chi connectivity index (χ0v) is 11.7. The lowest BCUT2D eigenvalue weighted by molar-refractivity contribution is -0.127. The molecule has 0 aliphatic carbocycles. The summed E-state index contributed by atoms with van der Waals surface area (Å²) in [4.78, 5) is 14.0. The first-order valence-electron chi connectivity index (χ1n) is 6.17. The van der Waals surface area contributed by atoms with Crippen molar-refractivity contribution in [1.29, 1.82) is 0 Å². The Hall–Kier alpha value is -1.77. The van der Waals surface area contributed by atoms with Crippen molar-refractivity contribution in [2.45, 2.75) is 20.8 Å². The van der Waals surface area contributed by atoms with Crippen LogP contribution in [0.5, 0.6) is 0 Å². The van der Waals surface area contributed by atoms with Crippen molar-refractivity contribution in [3.63, 3.8) is 0 Å². The summed E-state index contributed by atoms with van der Waals surface area (Å²) < 4.78 is 0. The van der Waals surface area contributed by atoms with Gasteiger partial charge < -0.3 is 10.2 Å². The fraction of sp³-hybridized carbons (Fsp3) is 0.400. The smallest absolute Gasteiger partial charge is 0.230 e. The number of hydrogen-bond acceptors (Lipinski definition) is 2. The van der Waals surface area contributed by atoms with Crippen LogP contribution in [0.4, 0.5) is 0 Å². The number of rotatable bonds is 4. The highest BCUT2D eigenvalue weighted by Crippen LogP contribution is 2.31. The number of amides is 1. The molecule has 0 bridgehead atoms. The average molecular weight is 246 g/mol. The van der Waals surface area contributed by atoms with Gasteiger partial charge in [-0.15, -0.1) is 0 Å². The van der Waals surface area contributed by atoms with Crippen LogP contribution in [0.3, 0.4) is 0 Å². The number of carbonyl (C=O) groups excluding carboxylic acids is 1. The van der Waals surface area contributed by atoms with Gasteiger partial charge in [0.1, 0.15) is 0 Å². The van der Waals surface area contributed by atoms with E-state index in [2.05, 4.69) is 11.9 Å². The van der Waals surface area contributed by atoms with Crippen molar-refractivity contribution in [3.05, 3.63) is 48.4 Å². The van der Waals surface area contributed by atoms with Crippen molar-refractivity contribution in [1.82, 2.24) is 10.2 Å². The Labute approximate surface area is 110 Å². The number of hydrogen-bond donors (Lipinski definition) is 1. The van der Waals surface area contributed by atoms with E-state index >= 15 is 0 Å². The van der Waals surface area contributed by atoms with Crippen molar-refractivity contribution in [2.24, 2.45) is 5.41 Å². The molecule has 1 N–H and O–H groups in total.